The number of carbonyl (C=O) groups is 2. The molecule has 0 bridgehead atoms. The maximum atomic E-state index is 13.2. The van der Waals surface area contributed by atoms with Gasteiger partial charge in [0.1, 0.15) is 5.75 Å². The second kappa shape index (κ2) is 9.67. The van der Waals surface area contributed by atoms with Crippen molar-refractivity contribution in [1.29, 1.82) is 0 Å². The molecule has 1 heterocycles. The number of benzene rings is 2. The summed E-state index contributed by atoms with van der Waals surface area (Å²) in [5.41, 5.74) is 2.27. The van der Waals surface area contributed by atoms with E-state index >= 15 is 0 Å². The summed E-state index contributed by atoms with van der Waals surface area (Å²) in [6.07, 6.45) is -2.13. The van der Waals surface area contributed by atoms with Crippen LogP contribution in [0.2, 0.25) is 0 Å². The SMILES string of the molecule is Cc1nc(-c2cccc(NC(=O)c3cccc(C4CC4NCC4CC4)c3OC(=O)C(F)(F)F)c2)cs1. The summed E-state index contributed by atoms with van der Waals surface area (Å²) in [6.45, 7) is 2.75. The van der Waals surface area contributed by atoms with Crippen molar-refractivity contribution in [1.82, 2.24) is 10.3 Å². The molecule has 2 fully saturated rings. The lowest BCUT2D eigenvalue weighted by Gasteiger charge is -2.16. The number of hydrogen-bond donors (Lipinski definition) is 2. The predicted octanol–water partition coefficient (Wildman–Crippen LogP) is 5.69. The number of halogens is 3. The number of nitrogens with zero attached hydrogens (tertiary/aromatic N) is 1. The molecule has 2 N–H and O–H groups in total. The number of aromatic nitrogens is 1. The first-order valence-electron chi connectivity index (χ1n) is 11.7. The van der Waals surface area contributed by atoms with Gasteiger partial charge in [-0.25, -0.2) is 9.78 Å². The highest BCUT2D eigenvalue weighted by Crippen LogP contribution is 2.47. The second-order valence-electron chi connectivity index (χ2n) is 9.20. The summed E-state index contributed by atoms with van der Waals surface area (Å²) in [4.78, 5) is 29.4. The third-order valence-corrected chi connectivity index (χ3v) is 7.08. The Morgan fingerprint density at radius 2 is 1.94 bits per heavy atom. The molecule has 0 radical (unpaired) electrons. The number of nitrogens with one attached hydrogen (secondary N) is 2. The van der Waals surface area contributed by atoms with Gasteiger partial charge in [0.05, 0.1) is 16.3 Å². The standard InChI is InChI=1S/C26H24F3N3O3S/c1-14-31-22(13-36-14)16-4-2-5-17(10-16)32-24(33)19-7-3-6-18(23(19)35-25(34)26(27,28)29)20-11-21(20)30-12-15-8-9-15/h2-7,10,13,15,20-21,30H,8-9,11-12H2,1H3,(H,32,33). The first-order chi connectivity index (χ1) is 17.2. The van der Waals surface area contributed by atoms with Crippen LogP contribution in [0.4, 0.5) is 18.9 Å². The van der Waals surface area contributed by atoms with Crippen LogP contribution < -0.4 is 15.4 Å². The van der Waals surface area contributed by atoms with Crippen molar-refractivity contribution in [2.24, 2.45) is 5.92 Å². The number of rotatable bonds is 8. The fraction of sp³-hybridized carbons (Fsp3) is 0.346. The zero-order chi connectivity index (χ0) is 25.4. The highest BCUT2D eigenvalue weighted by molar-refractivity contribution is 7.09. The van der Waals surface area contributed by atoms with Crippen LogP contribution >= 0.6 is 11.3 Å². The second-order valence-corrected chi connectivity index (χ2v) is 10.3. The van der Waals surface area contributed by atoms with Crippen molar-refractivity contribution in [3.63, 3.8) is 0 Å². The Hall–Kier alpha value is -3.24. The van der Waals surface area contributed by atoms with Crippen molar-refractivity contribution in [2.75, 3.05) is 11.9 Å². The minimum absolute atomic E-state index is 0.0745. The van der Waals surface area contributed by atoms with E-state index in [9.17, 15) is 22.8 Å². The van der Waals surface area contributed by atoms with Gasteiger partial charge in [0.15, 0.2) is 0 Å². The third kappa shape index (κ3) is 5.60. The molecule has 36 heavy (non-hydrogen) atoms. The smallest absolute Gasteiger partial charge is 0.419 e. The van der Waals surface area contributed by atoms with Gasteiger partial charge in [-0.3, -0.25) is 4.79 Å². The lowest BCUT2D eigenvalue weighted by atomic mass is 10.0. The Bertz CT molecular complexity index is 1300. The number of aryl methyl sites for hydroxylation is 1. The maximum absolute atomic E-state index is 13.2. The number of anilines is 1. The Balaban J connectivity index is 1.40. The van der Waals surface area contributed by atoms with E-state index in [1.165, 1.54) is 30.2 Å². The van der Waals surface area contributed by atoms with Crippen molar-refractivity contribution >= 4 is 28.9 Å². The lowest BCUT2D eigenvalue weighted by molar-refractivity contribution is -0.189. The molecule has 2 aliphatic carbocycles. The highest BCUT2D eigenvalue weighted by atomic mass is 32.1. The molecule has 0 saturated heterocycles. The maximum Gasteiger partial charge on any atom is 0.491 e. The first-order valence-corrected chi connectivity index (χ1v) is 12.6. The summed E-state index contributed by atoms with van der Waals surface area (Å²) in [6, 6.07) is 11.7. The molecule has 2 atom stereocenters. The van der Waals surface area contributed by atoms with Gasteiger partial charge in [-0.05, 0) is 56.8 Å². The average molecular weight is 516 g/mol. The molecule has 2 saturated carbocycles. The Labute approximate surface area is 209 Å². The van der Waals surface area contributed by atoms with Crippen molar-refractivity contribution in [3.8, 4) is 17.0 Å². The third-order valence-electron chi connectivity index (χ3n) is 6.31. The molecule has 2 aromatic carbocycles. The van der Waals surface area contributed by atoms with Gasteiger partial charge in [0, 0.05) is 34.2 Å². The number of carbonyl (C=O) groups excluding carboxylic acids is 2. The molecule has 2 unspecified atom stereocenters. The number of amides is 1. The van der Waals surface area contributed by atoms with Crippen LogP contribution in [0.3, 0.4) is 0 Å². The quantitative estimate of drug-likeness (QED) is 0.297. The molecule has 3 aromatic rings. The van der Waals surface area contributed by atoms with Gasteiger partial charge in [-0.15, -0.1) is 11.3 Å². The van der Waals surface area contributed by atoms with Crippen LogP contribution in [0.15, 0.2) is 47.8 Å². The molecule has 2 aliphatic rings. The molecule has 188 valence electrons. The summed E-state index contributed by atoms with van der Waals surface area (Å²) < 4.78 is 44.0. The normalized spacial score (nSPS) is 19.1. The molecule has 1 amide bonds. The van der Waals surface area contributed by atoms with Crippen molar-refractivity contribution in [3.05, 3.63) is 64.0 Å². The van der Waals surface area contributed by atoms with Gasteiger partial charge in [0.25, 0.3) is 5.91 Å². The van der Waals surface area contributed by atoms with Gasteiger partial charge in [0.2, 0.25) is 0 Å². The summed E-state index contributed by atoms with van der Waals surface area (Å²) in [7, 11) is 0. The fourth-order valence-corrected chi connectivity index (χ4v) is 4.77. The monoisotopic (exact) mass is 515 g/mol. The summed E-state index contributed by atoms with van der Waals surface area (Å²) in [5.74, 6) is -2.85. The van der Waals surface area contributed by atoms with Gasteiger partial charge in [-0.2, -0.15) is 13.2 Å². The molecular formula is C26H24F3N3O3S. The molecule has 0 aliphatic heterocycles. The zero-order valence-electron chi connectivity index (χ0n) is 19.4. The zero-order valence-corrected chi connectivity index (χ0v) is 20.2. The van der Waals surface area contributed by atoms with Crippen LogP contribution in [-0.2, 0) is 4.79 Å². The molecule has 5 rings (SSSR count). The Morgan fingerprint density at radius 3 is 2.64 bits per heavy atom. The van der Waals surface area contributed by atoms with Crippen LogP contribution in [0.25, 0.3) is 11.3 Å². The van der Waals surface area contributed by atoms with E-state index in [4.69, 9.17) is 4.74 Å². The van der Waals surface area contributed by atoms with E-state index in [1.807, 2.05) is 18.4 Å². The van der Waals surface area contributed by atoms with Crippen molar-refractivity contribution in [2.45, 2.75) is 44.3 Å². The minimum Gasteiger partial charge on any atom is -0.419 e. The minimum atomic E-state index is -5.19. The van der Waals surface area contributed by atoms with E-state index in [-0.39, 0.29) is 23.3 Å². The van der Waals surface area contributed by atoms with E-state index < -0.39 is 18.1 Å². The van der Waals surface area contributed by atoms with Crippen molar-refractivity contribution < 1.29 is 27.5 Å². The van der Waals surface area contributed by atoms with E-state index in [2.05, 4.69) is 15.6 Å². The predicted molar refractivity (Wildman–Crippen MR) is 130 cm³/mol. The summed E-state index contributed by atoms with van der Waals surface area (Å²) in [5, 5.41) is 8.94. The number of hydrogen-bond acceptors (Lipinski definition) is 6. The molecule has 6 nitrogen and oxygen atoms in total. The number of thiazole rings is 1. The fourth-order valence-electron chi connectivity index (χ4n) is 4.15. The highest BCUT2D eigenvalue weighted by Gasteiger charge is 2.45. The van der Waals surface area contributed by atoms with Crippen LogP contribution in [0, 0.1) is 12.8 Å². The van der Waals surface area contributed by atoms with E-state index in [0.29, 0.717) is 23.6 Å². The Morgan fingerprint density at radius 1 is 1.17 bits per heavy atom. The Kier molecular flexibility index (Phi) is 6.57. The number of para-hydroxylation sites is 1. The van der Waals surface area contributed by atoms with E-state index in [1.54, 1.807) is 30.3 Å². The van der Waals surface area contributed by atoms with Gasteiger partial charge >= 0.3 is 12.1 Å². The van der Waals surface area contributed by atoms with Gasteiger partial charge in [-0.1, -0.05) is 24.3 Å². The molecule has 10 heteroatoms. The average Bonchev–Trinajstić information content (AvgIpc) is 3.75. The lowest BCUT2D eigenvalue weighted by Crippen LogP contribution is -2.29. The molecule has 0 spiro atoms. The van der Waals surface area contributed by atoms with Crippen LogP contribution in [0.1, 0.15) is 46.1 Å². The molecular weight excluding hydrogens is 491 g/mol. The topological polar surface area (TPSA) is 80.3 Å². The molecule has 1 aromatic heterocycles. The largest absolute Gasteiger partial charge is 0.491 e. The number of esters is 1. The number of alkyl halides is 3. The van der Waals surface area contributed by atoms with Crippen LogP contribution in [-0.4, -0.2) is 35.6 Å². The van der Waals surface area contributed by atoms with E-state index in [0.717, 1.165) is 22.8 Å². The summed E-state index contributed by atoms with van der Waals surface area (Å²) >= 11 is 1.50. The number of ether oxygens (including phenoxy) is 1. The first kappa shape index (κ1) is 24.5. The van der Waals surface area contributed by atoms with Gasteiger partial charge < -0.3 is 15.4 Å². The van der Waals surface area contributed by atoms with Crippen LogP contribution in [0.5, 0.6) is 5.75 Å².